The van der Waals surface area contributed by atoms with E-state index in [1.54, 1.807) is 41.2 Å². The van der Waals surface area contributed by atoms with Crippen molar-refractivity contribution in [2.45, 2.75) is 19.4 Å². The number of benzene rings is 3. The maximum atomic E-state index is 12.5. The fourth-order valence-electron chi connectivity index (χ4n) is 3.40. The highest BCUT2D eigenvalue weighted by Crippen LogP contribution is 2.27. The van der Waals surface area contributed by atoms with E-state index in [1.165, 1.54) is 0 Å². The first-order valence-corrected chi connectivity index (χ1v) is 10.4. The van der Waals surface area contributed by atoms with Crippen LogP contribution in [0.3, 0.4) is 0 Å². The van der Waals surface area contributed by atoms with E-state index in [1.807, 2.05) is 42.5 Å². The van der Waals surface area contributed by atoms with Crippen molar-refractivity contribution in [3.8, 4) is 11.1 Å². The predicted molar refractivity (Wildman–Crippen MR) is 126 cm³/mol. The van der Waals surface area contributed by atoms with Gasteiger partial charge in [-0.2, -0.15) is 0 Å². The number of amides is 1. The number of nitrogens with two attached hydrogens (primary N) is 1. The highest BCUT2D eigenvalue weighted by atomic mass is 16.4. The van der Waals surface area contributed by atoms with Gasteiger partial charge in [-0.1, -0.05) is 53.7 Å². The molecule has 1 amide bonds. The third-order valence-electron chi connectivity index (χ3n) is 5.17. The normalized spacial score (nSPS) is 10.7. The first-order chi connectivity index (χ1) is 16.0. The van der Waals surface area contributed by atoms with E-state index in [4.69, 9.17) is 10.8 Å². The van der Waals surface area contributed by atoms with Crippen LogP contribution in [0, 0.1) is 0 Å². The first kappa shape index (κ1) is 21.8. The van der Waals surface area contributed by atoms with Crippen molar-refractivity contribution in [2.24, 2.45) is 0 Å². The standard InChI is InChI=1S/C25H23N5O3/c26-22-12-10-20(18-4-2-1-3-5-18)14-23(22)27-24(31)13-11-21-16-30(29-28-21)15-17-6-8-19(9-7-17)25(32)33/h1-10,12,14,16H,11,13,15,26H2,(H,27,31)(H,32,33). The minimum atomic E-state index is -0.962. The maximum absolute atomic E-state index is 12.5. The molecule has 0 unspecified atom stereocenters. The van der Waals surface area contributed by atoms with Crippen molar-refractivity contribution in [2.75, 3.05) is 11.1 Å². The monoisotopic (exact) mass is 441 g/mol. The Morgan fingerprint density at radius 2 is 1.73 bits per heavy atom. The summed E-state index contributed by atoms with van der Waals surface area (Å²) in [5, 5.41) is 20.1. The summed E-state index contributed by atoms with van der Waals surface area (Å²) in [5.41, 5.74) is 11.0. The van der Waals surface area contributed by atoms with Crippen LogP contribution in [0.2, 0.25) is 0 Å². The Balaban J connectivity index is 1.33. The Kier molecular flexibility index (Phi) is 6.45. The van der Waals surface area contributed by atoms with Crippen LogP contribution in [0.4, 0.5) is 11.4 Å². The second-order valence-corrected chi connectivity index (χ2v) is 7.63. The summed E-state index contributed by atoms with van der Waals surface area (Å²) in [7, 11) is 0. The molecule has 0 aliphatic heterocycles. The van der Waals surface area contributed by atoms with Gasteiger partial charge in [0.1, 0.15) is 0 Å². The molecule has 3 aromatic carbocycles. The third-order valence-corrected chi connectivity index (χ3v) is 5.17. The molecule has 1 heterocycles. The highest BCUT2D eigenvalue weighted by Gasteiger charge is 2.10. The van der Waals surface area contributed by atoms with E-state index in [-0.39, 0.29) is 17.9 Å². The molecule has 33 heavy (non-hydrogen) atoms. The van der Waals surface area contributed by atoms with Gasteiger partial charge in [0.2, 0.25) is 5.91 Å². The molecule has 8 nitrogen and oxygen atoms in total. The van der Waals surface area contributed by atoms with E-state index in [2.05, 4.69) is 15.6 Å². The molecule has 0 atom stereocenters. The molecule has 0 aliphatic carbocycles. The van der Waals surface area contributed by atoms with Crippen LogP contribution < -0.4 is 11.1 Å². The number of rotatable bonds is 8. The Morgan fingerprint density at radius 1 is 0.970 bits per heavy atom. The van der Waals surface area contributed by atoms with Gasteiger partial charge in [0.25, 0.3) is 0 Å². The molecule has 0 saturated carbocycles. The second-order valence-electron chi connectivity index (χ2n) is 7.63. The van der Waals surface area contributed by atoms with Gasteiger partial charge in [-0.15, -0.1) is 5.10 Å². The molecule has 0 saturated heterocycles. The summed E-state index contributed by atoms with van der Waals surface area (Å²) in [6.07, 6.45) is 2.45. The first-order valence-electron chi connectivity index (χ1n) is 10.4. The van der Waals surface area contributed by atoms with Crippen molar-refractivity contribution >= 4 is 23.3 Å². The van der Waals surface area contributed by atoms with Gasteiger partial charge in [0.05, 0.1) is 29.2 Å². The number of carboxylic acid groups (broad SMARTS) is 1. The van der Waals surface area contributed by atoms with Crippen LogP contribution >= 0.6 is 0 Å². The smallest absolute Gasteiger partial charge is 0.335 e. The summed E-state index contributed by atoms with van der Waals surface area (Å²) in [6, 6.07) is 22.0. The lowest BCUT2D eigenvalue weighted by Crippen LogP contribution is -2.13. The van der Waals surface area contributed by atoms with Gasteiger partial charge in [-0.05, 0) is 41.0 Å². The molecule has 0 bridgehead atoms. The third kappa shape index (κ3) is 5.62. The lowest BCUT2D eigenvalue weighted by molar-refractivity contribution is -0.116. The quantitative estimate of drug-likeness (QED) is 0.357. The van der Waals surface area contributed by atoms with Crippen molar-refractivity contribution in [1.29, 1.82) is 0 Å². The zero-order chi connectivity index (χ0) is 23.2. The molecule has 4 rings (SSSR count). The molecule has 0 radical (unpaired) electrons. The fourth-order valence-corrected chi connectivity index (χ4v) is 3.40. The zero-order valence-electron chi connectivity index (χ0n) is 17.8. The molecular weight excluding hydrogens is 418 g/mol. The number of carbonyl (C=O) groups excluding carboxylic acids is 1. The van der Waals surface area contributed by atoms with Crippen molar-refractivity contribution in [1.82, 2.24) is 15.0 Å². The van der Waals surface area contributed by atoms with Crippen molar-refractivity contribution in [3.63, 3.8) is 0 Å². The minimum Gasteiger partial charge on any atom is -0.478 e. The number of nitrogens with one attached hydrogen (secondary N) is 1. The number of aryl methyl sites for hydroxylation is 1. The number of hydrogen-bond donors (Lipinski definition) is 3. The molecule has 0 fully saturated rings. The van der Waals surface area contributed by atoms with Crippen LogP contribution in [0.25, 0.3) is 11.1 Å². The summed E-state index contributed by atoms with van der Waals surface area (Å²) >= 11 is 0. The highest BCUT2D eigenvalue weighted by molar-refractivity contribution is 5.95. The van der Waals surface area contributed by atoms with E-state index in [0.29, 0.717) is 30.0 Å². The zero-order valence-corrected chi connectivity index (χ0v) is 17.8. The van der Waals surface area contributed by atoms with Gasteiger partial charge in [0, 0.05) is 19.0 Å². The average Bonchev–Trinajstić information content (AvgIpc) is 3.27. The average molecular weight is 441 g/mol. The number of anilines is 2. The molecule has 0 aliphatic rings. The number of aromatic carboxylic acids is 1. The van der Waals surface area contributed by atoms with Gasteiger partial charge < -0.3 is 16.2 Å². The molecular formula is C25H23N5O3. The lowest BCUT2D eigenvalue weighted by Gasteiger charge is -2.10. The van der Waals surface area contributed by atoms with Crippen molar-refractivity contribution < 1.29 is 14.7 Å². The molecule has 166 valence electrons. The van der Waals surface area contributed by atoms with Gasteiger partial charge in [-0.3, -0.25) is 4.79 Å². The molecule has 8 heteroatoms. The Bertz CT molecular complexity index is 1270. The Labute approximate surface area is 190 Å². The van der Waals surface area contributed by atoms with Crippen LogP contribution in [-0.4, -0.2) is 32.0 Å². The van der Waals surface area contributed by atoms with Gasteiger partial charge in [-0.25, -0.2) is 9.48 Å². The van der Waals surface area contributed by atoms with Crippen LogP contribution in [-0.2, 0) is 17.8 Å². The number of carbonyl (C=O) groups is 2. The van der Waals surface area contributed by atoms with Crippen molar-refractivity contribution in [3.05, 3.63) is 95.8 Å². The molecule has 4 aromatic rings. The second kappa shape index (κ2) is 9.78. The van der Waals surface area contributed by atoms with Gasteiger partial charge >= 0.3 is 5.97 Å². The summed E-state index contributed by atoms with van der Waals surface area (Å²) in [6.45, 7) is 0.460. The summed E-state index contributed by atoms with van der Waals surface area (Å²) < 4.78 is 1.66. The van der Waals surface area contributed by atoms with Crippen LogP contribution in [0.5, 0.6) is 0 Å². The number of hydrogen-bond acceptors (Lipinski definition) is 5. The minimum absolute atomic E-state index is 0.161. The number of aromatic nitrogens is 3. The molecule has 0 spiro atoms. The molecule has 1 aromatic heterocycles. The Hall–Kier alpha value is -4.46. The maximum Gasteiger partial charge on any atom is 0.335 e. The number of nitrogen functional groups attached to an aromatic ring is 1. The largest absolute Gasteiger partial charge is 0.478 e. The van der Waals surface area contributed by atoms with E-state index >= 15 is 0 Å². The predicted octanol–water partition coefficient (Wildman–Crippen LogP) is 3.85. The molecule has 4 N–H and O–H groups in total. The van der Waals surface area contributed by atoms with E-state index in [0.717, 1.165) is 16.7 Å². The fraction of sp³-hybridized carbons (Fsp3) is 0.120. The number of nitrogens with zero attached hydrogens (tertiary/aromatic N) is 3. The van der Waals surface area contributed by atoms with Crippen LogP contribution in [0.1, 0.15) is 28.0 Å². The Morgan fingerprint density at radius 3 is 2.45 bits per heavy atom. The number of carboxylic acids is 1. The van der Waals surface area contributed by atoms with Gasteiger partial charge in [0.15, 0.2) is 0 Å². The SMILES string of the molecule is Nc1ccc(-c2ccccc2)cc1NC(=O)CCc1cn(Cc2ccc(C(=O)O)cc2)nn1. The lowest BCUT2D eigenvalue weighted by atomic mass is 10.0. The van der Waals surface area contributed by atoms with Crippen LogP contribution in [0.15, 0.2) is 79.0 Å². The summed E-state index contributed by atoms with van der Waals surface area (Å²) in [5.74, 6) is -1.12. The topological polar surface area (TPSA) is 123 Å². The summed E-state index contributed by atoms with van der Waals surface area (Å²) in [4.78, 5) is 23.5. The van der Waals surface area contributed by atoms with E-state index < -0.39 is 5.97 Å². The van der Waals surface area contributed by atoms with E-state index in [9.17, 15) is 9.59 Å².